The molecule has 0 aliphatic carbocycles. The minimum atomic E-state index is -4.65. The Bertz CT molecular complexity index is 1040. The molecule has 0 aliphatic heterocycles. The van der Waals surface area contributed by atoms with Crippen LogP contribution < -0.4 is 0 Å². The third-order valence-electron chi connectivity index (χ3n) is 3.88. The van der Waals surface area contributed by atoms with E-state index < -0.39 is 44.1 Å². The molecule has 2 rings (SSSR count). The van der Waals surface area contributed by atoms with Gasteiger partial charge in [0.1, 0.15) is 10.9 Å². The van der Waals surface area contributed by atoms with E-state index in [1.165, 1.54) is 24.3 Å². The summed E-state index contributed by atoms with van der Waals surface area (Å²) in [5.74, 6) is -2.30. The number of nitro groups is 1. The van der Waals surface area contributed by atoms with Gasteiger partial charge in [0.05, 0.1) is 9.95 Å². The van der Waals surface area contributed by atoms with Gasteiger partial charge < -0.3 is 10.2 Å². The number of halogens is 2. The highest BCUT2D eigenvalue weighted by Gasteiger charge is 2.36. The predicted octanol–water partition coefficient (Wildman–Crippen LogP) is 3.27. The average molecular weight is 449 g/mol. The van der Waals surface area contributed by atoms with E-state index in [9.17, 15) is 33.5 Å². The second-order valence-corrected chi connectivity index (χ2v) is 8.39. The van der Waals surface area contributed by atoms with Crippen molar-refractivity contribution in [3.8, 4) is 5.75 Å². The topological polar surface area (TPSA) is 138 Å². The molecule has 0 amide bonds. The van der Waals surface area contributed by atoms with Gasteiger partial charge in [-0.1, -0.05) is 41.4 Å². The minimum Gasteiger partial charge on any atom is -0.505 e. The van der Waals surface area contributed by atoms with Gasteiger partial charge in [-0.2, -0.15) is 4.31 Å². The molecule has 0 radical (unpaired) electrons. The van der Waals surface area contributed by atoms with Crippen LogP contribution in [-0.4, -0.2) is 39.9 Å². The molecule has 150 valence electrons. The number of rotatable bonds is 7. The van der Waals surface area contributed by atoms with Crippen LogP contribution in [0.25, 0.3) is 0 Å². The summed E-state index contributed by atoms with van der Waals surface area (Å²) in [6.07, 6.45) is 0. The largest absolute Gasteiger partial charge is 0.505 e. The first-order chi connectivity index (χ1) is 13.0. The number of aromatic hydroxyl groups is 1. The van der Waals surface area contributed by atoms with Crippen molar-refractivity contribution in [2.45, 2.75) is 24.4 Å². The molecule has 2 aromatic carbocycles. The van der Waals surface area contributed by atoms with Crippen molar-refractivity contribution in [1.82, 2.24) is 4.31 Å². The fourth-order valence-corrected chi connectivity index (χ4v) is 4.72. The van der Waals surface area contributed by atoms with Crippen molar-refractivity contribution < 1.29 is 28.3 Å². The smallest absolute Gasteiger partial charge is 0.321 e. The van der Waals surface area contributed by atoms with Crippen molar-refractivity contribution in [2.75, 3.05) is 0 Å². The van der Waals surface area contributed by atoms with Gasteiger partial charge in [-0.3, -0.25) is 14.9 Å². The molecule has 0 saturated carbocycles. The van der Waals surface area contributed by atoms with Crippen LogP contribution in [0.5, 0.6) is 5.75 Å². The van der Waals surface area contributed by atoms with Gasteiger partial charge in [-0.05, 0) is 19.1 Å². The lowest BCUT2D eigenvalue weighted by Crippen LogP contribution is -2.42. The Morgan fingerprint density at radius 2 is 1.89 bits per heavy atom. The molecule has 12 heteroatoms. The highest BCUT2D eigenvalue weighted by molar-refractivity contribution is 7.89. The Balaban J connectivity index is 2.65. The second-order valence-electron chi connectivity index (χ2n) is 5.68. The van der Waals surface area contributed by atoms with Gasteiger partial charge >= 0.3 is 5.97 Å². The molecule has 0 bridgehead atoms. The number of sulfonamides is 1. The number of carboxylic acid groups (broad SMARTS) is 1. The van der Waals surface area contributed by atoms with Crippen molar-refractivity contribution in [1.29, 1.82) is 0 Å². The van der Waals surface area contributed by atoms with E-state index in [0.29, 0.717) is 4.31 Å². The second kappa shape index (κ2) is 8.31. The van der Waals surface area contributed by atoms with Crippen molar-refractivity contribution in [2.24, 2.45) is 0 Å². The number of para-hydroxylation sites is 1. The number of phenolic OH excluding ortho intramolecular Hbond substituents is 1. The fourth-order valence-electron chi connectivity index (χ4n) is 2.41. The standard InChI is InChI=1S/C16H14Cl2N2O7S/c1-9(16(22)23)19(8-10-4-2-3-5-13(10)20(24)25)28(26,27)14-7-11(17)6-12(18)15(14)21/h2-7,9,21H,8H2,1H3,(H,22,23). The van der Waals surface area contributed by atoms with E-state index in [4.69, 9.17) is 23.2 Å². The molecule has 1 atom stereocenters. The number of nitrogens with zero attached hydrogens (tertiary/aromatic N) is 2. The summed E-state index contributed by atoms with van der Waals surface area (Å²) >= 11 is 11.6. The van der Waals surface area contributed by atoms with Crippen LogP contribution >= 0.6 is 23.2 Å². The van der Waals surface area contributed by atoms with E-state index in [0.717, 1.165) is 19.1 Å². The first-order valence-electron chi connectivity index (χ1n) is 7.61. The molecule has 2 N–H and O–H groups in total. The van der Waals surface area contributed by atoms with Gasteiger partial charge in [-0.25, -0.2) is 8.42 Å². The predicted molar refractivity (Wildman–Crippen MR) is 101 cm³/mol. The van der Waals surface area contributed by atoms with Gasteiger partial charge in [-0.15, -0.1) is 0 Å². The van der Waals surface area contributed by atoms with Gasteiger partial charge in [0.15, 0.2) is 5.75 Å². The zero-order chi connectivity index (χ0) is 21.2. The van der Waals surface area contributed by atoms with E-state index in [-0.39, 0.29) is 21.3 Å². The highest BCUT2D eigenvalue weighted by atomic mass is 35.5. The highest BCUT2D eigenvalue weighted by Crippen LogP contribution is 2.37. The van der Waals surface area contributed by atoms with Crippen LogP contribution in [-0.2, 0) is 21.4 Å². The molecule has 0 heterocycles. The van der Waals surface area contributed by atoms with Crippen molar-refractivity contribution in [3.63, 3.8) is 0 Å². The average Bonchev–Trinajstić information content (AvgIpc) is 2.61. The molecule has 0 saturated heterocycles. The van der Waals surface area contributed by atoms with E-state index in [1.54, 1.807) is 0 Å². The zero-order valence-corrected chi connectivity index (χ0v) is 16.6. The molecular formula is C16H14Cl2N2O7S. The Hall–Kier alpha value is -2.40. The number of nitro benzene ring substituents is 1. The summed E-state index contributed by atoms with van der Waals surface area (Å²) in [7, 11) is -4.65. The fraction of sp³-hybridized carbons (Fsp3) is 0.188. The zero-order valence-electron chi connectivity index (χ0n) is 14.2. The Labute approximate surface area is 169 Å². The van der Waals surface area contributed by atoms with E-state index >= 15 is 0 Å². The SMILES string of the molecule is CC(C(=O)O)N(Cc1ccccc1[N+](=O)[O-])S(=O)(=O)c1cc(Cl)cc(Cl)c1O. The normalized spacial score (nSPS) is 12.7. The number of carboxylic acids is 1. The molecule has 0 aromatic heterocycles. The number of hydrogen-bond donors (Lipinski definition) is 2. The molecule has 2 aromatic rings. The van der Waals surface area contributed by atoms with Crippen molar-refractivity contribution in [3.05, 3.63) is 62.1 Å². The summed E-state index contributed by atoms with van der Waals surface area (Å²) in [6, 6.07) is 5.74. The molecule has 28 heavy (non-hydrogen) atoms. The monoisotopic (exact) mass is 448 g/mol. The number of hydrogen-bond acceptors (Lipinski definition) is 6. The van der Waals surface area contributed by atoms with Crippen LogP contribution in [0.15, 0.2) is 41.3 Å². The Kier molecular flexibility index (Phi) is 6.50. The quantitative estimate of drug-likeness (QED) is 0.489. The molecule has 9 nitrogen and oxygen atoms in total. The van der Waals surface area contributed by atoms with Crippen LogP contribution in [0.1, 0.15) is 12.5 Å². The summed E-state index contributed by atoms with van der Waals surface area (Å²) < 4.78 is 26.7. The molecule has 0 spiro atoms. The molecule has 0 aliphatic rings. The lowest BCUT2D eigenvalue weighted by atomic mass is 10.1. The number of carbonyl (C=O) groups is 1. The summed E-state index contributed by atoms with van der Waals surface area (Å²) in [4.78, 5) is 21.3. The molecular weight excluding hydrogens is 435 g/mol. The Morgan fingerprint density at radius 1 is 1.29 bits per heavy atom. The minimum absolute atomic E-state index is 0.0308. The first-order valence-corrected chi connectivity index (χ1v) is 9.81. The summed E-state index contributed by atoms with van der Waals surface area (Å²) in [5.41, 5.74) is -0.412. The van der Waals surface area contributed by atoms with Gasteiger partial charge in [0.25, 0.3) is 5.69 Å². The van der Waals surface area contributed by atoms with E-state index in [2.05, 4.69) is 0 Å². The Morgan fingerprint density at radius 3 is 2.46 bits per heavy atom. The molecule has 0 fully saturated rings. The summed E-state index contributed by atoms with van der Waals surface area (Å²) in [5, 5.41) is 30.2. The number of benzene rings is 2. The summed E-state index contributed by atoms with van der Waals surface area (Å²) in [6.45, 7) is 0.467. The third-order valence-corrected chi connectivity index (χ3v) is 6.32. The number of aliphatic carboxylic acids is 1. The van der Waals surface area contributed by atoms with Gasteiger partial charge in [0.2, 0.25) is 10.0 Å². The lowest BCUT2D eigenvalue weighted by Gasteiger charge is -2.26. The van der Waals surface area contributed by atoms with Crippen LogP contribution in [0.2, 0.25) is 10.0 Å². The number of phenols is 1. The van der Waals surface area contributed by atoms with Crippen LogP contribution in [0, 0.1) is 10.1 Å². The van der Waals surface area contributed by atoms with Crippen LogP contribution in [0.4, 0.5) is 5.69 Å². The van der Waals surface area contributed by atoms with Crippen molar-refractivity contribution >= 4 is 44.9 Å². The third kappa shape index (κ3) is 4.36. The van der Waals surface area contributed by atoms with E-state index in [1.807, 2.05) is 0 Å². The molecule has 1 unspecified atom stereocenters. The van der Waals surface area contributed by atoms with Crippen LogP contribution in [0.3, 0.4) is 0 Å². The first kappa shape index (κ1) is 21.9. The maximum absolute atomic E-state index is 13.1. The maximum Gasteiger partial charge on any atom is 0.321 e. The van der Waals surface area contributed by atoms with Gasteiger partial charge in [0, 0.05) is 23.2 Å². The lowest BCUT2D eigenvalue weighted by molar-refractivity contribution is -0.385. The maximum atomic E-state index is 13.1.